The molecular weight excluding hydrogens is 364 g/mol. The van der Waals surface area contributed by atoms with Gasteiger partial charge in [-0.2, -0.15) is 0 Å². The molecule has 1 saturated heterocycles. The largest absolute Gasteiger partial charge is 0.359 e. The van der Waals surface area contributed by atoms with Crippen LogP contribution in [0, 0.1) is 5.41 Å². The number of amides is 2. The number of benzene rings is 1. The molecule has 0 unspecified atom stereocenters. The molecule has 1 atom stereocenters. The van der Waals surface area contributed by atoms with E-state index in [9.17, 15) is 9.59 Å². The Morgan fingerprint density at radius 1 is 1.24 bits per heavy atom. The molecule has 6 nitrogen and oxygen atoms in total. The van der Waals surface area contributed by atoms with E-state index < -0.39 is 5.41 Å². The highest BCUT2D eigenvalue weighted by atomic mass is 16.2. The number of carbonyl (C=O) groups excluding carboxylic acids is 2. The number of hydrogen-bond donors (Lipinski definition) is 1. The normalized spacial score (nSPS) is 19.3. The molecule has 2 amide bonds. The summed E-state index contributed by atoms with van der Waals surface area (Å²) in [5.41, 5.74) is 2.86. The monoisotopic (exact) mass is 394 g/mol. The van der Waals surface area contributed by atoms with E-state index >= 15 is 0 Å². The molecule has 6 heteroatoms. The number of aromatic nitrogens is 1. The molecule has 2 heterocycles. The zero-order valence-corrected chi connectivity index (χ0v) is 17.7. The number of pyridine rings is 1. The predicted molar refractivity (Wildman–Crippen MR) is 114 cm³/mol. The average molecular weight is 395 g/mol. The van der Waals surface area contributed by atoms with Gasteiger partial charge in [0.1, 0.15) is 5.69 Å². The maximum atomic E-state index is 13.4. The van der Waals surface area contributed by atoms with E-state index in [0.717, 1.165) is 30.5 Å². The maximum absolute atomic E-state index is 13.4. The van der Waals surface area contributed by atoms with Gasteiger partial charge in [0.05, 0.1) is 5.41 Å². The Morgan fingerprint density at radius 2 is 2.03 bits per heavy atom. The van der Waals surface area contributed by atoms with Gasteiger partial charge < -0.3 is 15.1 Å². The van der Waals surface area contributed by atoms with E-state index in [-0.39, 0.29) is 11.8 Å². The second-order valence-corrected chi connectivity index (χ2v) is 8.31. The number of nitrogens with one attached hydrogen (secondary N) is 1. The van der Waals surface area contributed by atoms with E-state index in [1.54, 1.807) is 18.1 Å². The van der Waals surface area contributed by atoms with E-state index in [1.165, 1.54) is 5.56 Å². The molecule has 29 heavy (non-hydrogen) atoms. The number of hydrogen-bond acceptors (Lipinski definition) is 4. The average Bonchev–Trinajstić information content (AvgIpc) is 2.72. The molecule has 154 valence electrons. The first kappa shape index (κ1) is 21.0. The van der Waals surface area contributed by atoms with E-state index in [0.29, 0.717) is 18.8 Å². The van der Waals surface area contributed by atoms with Gasteiger partial charge in [-0.05, 0) is 57.1 Å². The topological polar surface area (TPSA) is 65.5 Å². The Bertz CT molecular complexity index is 896. The van der Waals surface area contributed by atoms with Crippen LogP contribution in [0.3, 0.4) is 0 Å². The molecule has 1 aromatic heterocycles. The van der Waals surface area contributed by atoms with Crippen LogP contribution in [0.2, 0.25) is 0 Å². The smallest absolute Gasteiger partial charge is 0.273 e. The summed E-state index contributed by atoms with van der Waals surface area (Å²) in [4.78, 5) is 34.0. The fraction of sp³-hybridized carbons (Fsp3) is 0.435. The van der Waals surface area contributed by atoms with Crippen molar-refractivity contribution >= 4 is 11.8 Å². The zero-order chi connectivity index (χ0) is 21.0. The van der Waals surface area contributed by atoms with Gasteiger partial charge in [-0.25, -0.2) is 0 Å². The molecule has 1 N–H and O–H groups in total. The molecule has 3 rings (SSSR count). The van der Waals surface area contributed by atoms with Crippen molar-refractivity contribution in [2.45, 2.75) is 26.3 Å². The molecule has 2 aromatic rings. The summed E-state index contributed by atoms with van der Waals surface area (Å²) < 4.78 is 0. The summed E-state index contributed by atoms with van der Waals surface area (Å²) in [6, 6.07) is 12.0. The van der Waals surface area contributed by atoms with Gasteiger partial charge >= 0.3 is 0 Å². The van der Waals surface area contributed by atoms with Gasteiger partial charge in [-0.1, -0.05) is 24.3 Å². The highest BCUT2D eigenvalue weighted by Crippen LogP contribution is 2.32. The van der Waals surface area contributed by atoms with Crippen LogP contribution in [0.5, 0.6) is 0 Å². The first-order valence-electron chi connectivity index (χ1n) is 10.0. The van der Waals surface area contributed by atoms with Crippen LogP contribution >= 0.6 is 0 Å². The molecule has 0 saturated carbocycles. The number of rotatable bonds is 5. The standard InChI is InChI=1S/C23H30N4O2/c1-23(22(29)24-2)11-7-13-27(16-23)21(28)20-19(10-6-12-25-20)18-9-5-8-17(14-18)15-26(3)4/h5-6,8-10,12,14H,7,11,13,15-16H2,1-4H3,(H,24,29)/t23-/m1/s1. The Morgan fingerprint density at radius 3 is 2.76 bits per heavy atom. The predicted octanol–water partition coefficient (Wildman–Crippen LogP) is 2.80. The van der Waals surface area contributed by atoms with Crippen LogP contribution in [-0.4, -0.2) is 60.8 Å². The summed E-state index contributed by atoms with van der Waals surface area (Å²) >= 11 is 0. The Labute approximate surface area is 172 Å². The highest BCUT2D eigenvalue weighted by molar-refractivity contribution is 5.99. The van der Waals surface area contributed by atoms with Gasteiger partial charge in [-0.3, -0.25) is 14.6 Å². The van der Waals surface area contributed by atoms with Gasteiger partial charge in [0.15, 0.2) is 0 Å². The fourth-order valence-corrected chi connectivity index (χ4v) is 4.06. The summed E-state index contributed by atoms with van der Waals surface area (Å²) in [5.74, 6) is -0.138. The van der Waals surface area contributed by atoms with E-state index in [2.05, 4.69) is 27.3 Å². The second-order valence-electron chi connectivity index (χ2n) is 8.31. The van der Waals surface area contributed by atoms with Crippen LogP contribution in [0.15, 0.2) is 42.6 Å². The molecule has 0 radical (unpaired) electrons. The lowest BCUT2D eigenvalue weighted by Crippen LogP contribution is -2.51. The number of nitrogens with zero attached hydrogens (tertiary/aromatic N) is 3. The third kappa shape index (κ3) is 4.65. The summed E-state index contributed by atoms with van der Waals surface area (Å²) in [6.07, 6.45) is 3.23. The van der Waals surface area contributed by atoms with E-state index in [4.69, 9.17) is 0 Å². The van der Waals surface area contributed by atoms with Crippen LogP contribution < -0.4 is 5.32 Å². The Kier molecular flexibility index (Phi) is 6.33. The quantitative estimate of drug-likeness (QED) is 0.847. The molecular formula is C23H30N4O2. The number of carbonyl (C=O) groups is 2. The molecule has 1 aromatic carbocycles. The fourth-order valence-electron chi connectivity index (χ4n) is 4.06. The third-order valence-electron chi connectivity index (χ3n) is 5.51. The van der Waals surface area contributed by atoms with E-state index in [1.807, 2.05) is 45.3 Å². The van der Waals surface area contributed by atoms with Crippen LogP contribution in [0.1, 0.15) is 35.8 Å². The van der Waals surface area contributed by atoms with Crippen LogP contribution in [0.4, 0.5) is 0 Å². The van der Waals surface area contributed by atoms with Crippen molar-refractivity contribution in [1.29, 1.82) is 0 Å². The summed E-state index contributed by atoms with van der Waals surface area (Å²) in [5, 5.41) is 2.74. The van der Waals surface area contributed by atoms with Gasteiger partial charge in [0.25, 0.3) is 5.91 Å². The number of piperidine rings is 1. The van der Waals surface area contributed by atoms with Crippen molar-refractivity contribution in [3.63, 3.8) is 0 Å². The first-order valence-corrected chi connectivity index (χ1v) is 10.0. The van der Waals surface area contributed by atoms with Crippen LogP contribution in [0.25, 0.3) is 11.1 Å². The van der Waals surface area contributed by atoms with Crippen molar-refractivity contribution in [3.05, 3.63) is 53.9 Å². The second kappa shape index (κ2) is 8.74. The highest BCUT2D eigenvalue weighted by Gasteiger charge is 2.39. The maximum Gasteiger partial charge on any atom is 0.273 e. The molecule has 0 aliphatic carbocycles. The minimum absolute atomic E-state index is 0.0207. The Hall–Kier alpha value is -2.73. The molecule has 0 bridgehead atoms. The summed E-state index contributed by atoms with van der Waals surface area (Å²) in [6.45, 7) is 3.80. The van der Waals surface area contributed by atoms with Crippen molar-refractivity contribution in [1.82, 2.24) is 20.1 Å². The van der Waals surface area contributed by atoms with Crippen molar-refractivity contribution in [2.24, 2.45) is 5.41 Å². The minimum Gasteiger partial charge on any atom is -0.359 e. The molecule has 1 aliphatic heterocycles. The van der Waals surface area contributed by atoms with Crippen molar-refractivity contribution in [2.75, 3.05) is 34.2 Å². The van der Waals surface area contributed by atoms with Gasteiger partial charge in [0, 0.05) is 38.4 Å². The van der Waals surface area contributed by atoms with Crippen molar-refractivity contribution in [3.8, 4) is 11.1 Å². The third-order valence-corrected chi connectivity index (χ3v) is 5.51. The zero-order valence-electron chi connectivity index (χ0n) is 17.7. The summed E-state index contributed by atoms with van der Waals surface area (Å²) in [7, 11) is 5.71. The van der Waals surface area contributed by atoms with Crippen LogP contribution in [-0.2, 0) is 11.3 Å². The van der Waals surface area contributed by atoms with Gasteiger partial charge in [0.2, 0.25) is 5.91 Å². The Balaban J connectivity index is 1.91. The first-order chi connectivity index (χ1) is 13.8. The lowest BCUT2D eigenvalue weighted by atomic mass is 9.81. The SMILES string of the molecule is CNC(=O)[C@]1(C)CCCN(C(=O)c2ncccc2-c2cccc(CN(C)C)c2)C1. The number of likely N-dealkylation sites (tertiary alicyclic amines) is 1. The lowest BCUT2D eigenvalue weighted by molar-refractivity contribution is -0.132. The molecule has 0 spiro atoms. The molecule has 1 aliphatic rings. The van der Waals surface area contributed by atoms with Crippen molar-refractivity contribution < 1.29 is 9.59 Å². The molecule has 1 fully saturated rings. The lowest BCUT2D eigenvalue weighted by Gasteiger charge is -2.39. The minimum atomic E-state index is -0.566. The van der Waals surface area contributed by atoms with Gasteiger partial charge in [-0.15, -0.1) is 0 Å².